The third-order valence-corrected chi connectivity index (χ3v) is 4.01. The fraction of sp³-hybridized carbons (Fsp3) is 0.562. The van der Waals surface area contributed by atoms with Crippen molar-refractivity contribution in [3.8, 4) is 0 Å². The lowest BCUT2D eigenvalue weighted by Gasteiger charge is -2.30. The van der Waals surface area contributed by atoms with Crippen molar-refractivity contribution in [3.05, 3.63) is 23.8 Å². The molecule has 1 saturated heterocycles. The Morgan fingerprint density at radius 2 is 2.25 bits per heavy atom. The highest BCUT2D eigenvalue weighted by Gasteiger charge is 2.28. The quantitative estimate of drug-likeness (QED) is 0.831. The highest BCUT2D eigenvalue weighted by atomic mass is 16.1. The molecule has 0 spiro atoms. The summed E-state index contributed by atoms with van der Waals surface area (Å²) in [5.74, 6) is 0.549. The molecule has 1 aliphatic rings. The first-order valence-corrected chi connectivity index (χ1v) is 7.49. The van der Waals surface area contributed by atoms with Crippen LogP contribution in [0.15, 0.2) is 18.2 Å². The van der Waals surface area contributed by atoms with Gasteiger partial charge in [0.2, 0.25) is 0 Å². The summed E-state index contributed by atoms with van der Waals surface area (Å²) in [6, 6.07) is 6.19. The van der Waals surface area contributed by atoms with Crippen molar-refractivity contribution in [2.75, 3.05) is 23.7 Å². The molecule has 1 atom stereocenters. The molecule has 0 bridgehead atoms. The van der Waals surface area contributed by atoms with E-state index in [-0.39, 0.29) is 5.91 Å². The van der Waals surface area contributed by atoms with Crippen LogP contribution in [0, 0.1) is 5.92 Å². The topological polar surface area (TPSA) is 58.4 Å². The van der Waals surface area contributed by atoms with Gasteiger partial charge in [-0.15, -0.1) is 0 Å². The zero-order valence-corrected chi connectivity index (χ0v) is 12.6. The predicted octanol–water partition coefficient (Wildman–Crippen LogP) is 2.64. The number of carbonyl (C=O) groups is 1. The number of nitrogens with one attached hydrogen (secondary N) is 1. The molecule has 0 aromatic heterocycles. The van der Waals surface area contributed by atoms with Crippen molar-refractivity contribution in [1.29, 1.82) is 0 Å². The number of hydrogen-bond acceptors (Lipinski definition) is 3. The first-order chi connectivity index (χ1) is 9.54. The minimum Gasteiger partial charge on any atom is -0.397 e. The molecule has 1 aliphatic heterocycles. The summed E-state index contributed by atoms with van der Waals surface area (Å²) in [5.41, 5.74) is 8.57. The van der Waals surface area contributed by atoms with Gasteiger partial charge >= 0.3 is 0 Å². The number of hydrogen-bond donors (Lipinski definition) is 2. The summed E-state index contributed by atoms with van der Waals surface area (Å²) in [7, 11) is 0. The van der Waals surface area contributed by atoms with Crippen LogP contribution in [-0.4, -0.2) is 25.0 Å². The fourth-order valence-corrected chi connectivity index (χ4v) is 3.00. The van der Waals surface area contributed by atoms with Crippen LogP contribution >= 0.6 is 0 Å². The molecule has 1 aromatic rings. The Balaban J connectivity index is 2.23. The maximum absolute atomic E-state index is 11.8. The van der Waals surface area contributed by atoms with Crippen molar-refractivity contribution in [2.45, 2.75) is 39.7 Å². The molecular weight excluding hydrogens is 250 g/mol. The molecule has 110 valence electrons. The zero-order valence-electron chi connectivity index (χ0n) is 12.6. The number of anilines is 2. The molecule has 1 amide bonds. The minimum atomic E-state index is -0.0624. The first-order valence-electron chi connectivity index (χ1n) is 7.49. The Kier molecular flexibility index (Phi) is 4.53. The number of benzene rings is 1. The molecule has 2 rings (SSSR count). The molecule has 0 aliphatic carbocycles. The van der Waals surface area contributed by atoms with Crippen LogP contribution in [0.4, 0.5) is 11.4 Å². The van der Waals surface area contributed by atoms with E-state index in [9.17, 15) is 4.79 Å². The molecule has 1 aromatic carbocycles. The van der Waals surface area contributed by atoms with Crippen LogP contribution in [0.1, 0.15) is 44.0 Å². The maximum atomic E-state index is 11.8. The Morgan fingerprint density at radius 3 is 2.85 bits per heavy atom. The first kappa shape index (κ1) is 14.7. The Labute approximate surface area is 121 Å². The summed E-state index contributed by atoms with van der Waals surface area (Å²) >= 11 is 0. The standard InChI is InChI=1S/C16H25N3O/c1-4-18-16(20)12-7-8-15(13(17)10-12)19-9-5-6-14(19)11(2)3/h7-8,10-11,14H,4-6,9,17H2,1-3H3,(H,18,20). The maximum Gasteiger partial charge on any atom is 0.251 e. The number of amides is 1. The second-order valence-electron chi connectivity index (χ2n) is 5.78. The van der Waals surface area contributed by atoms with Gasteiger partial charge in [-0.05, 0) is 43.9 Å². The molecule has 4 nitrogen and oxygen atoms in total. The lowest BCUT2D eigenvalue weighted by atomic mass is 10.0. The van der Waals surface area contributed by atoms with Gasteiger partial charge in [-0.1, -0.05) is 13.8 Å². The zero-order chi connectivity index (χ0) is 14.7. The highest BCUT2D eigenvalue weighted by molar-refractivity contribution is 5.96. The summed E-state index contributed by atoms with van der Waals surface area (Å²) in [6.07, 6.45) is 2.43. The monoisotopic (exact) mass is 275 g/mol. The molecule has 1 heterocycles. The van der Waals surface area contributed by atoms with Gasteiger partial charge in [0.15, 0.2) is 0 Å². The molecule has 0 radical (unpaired) electrons. The number of nitrogen functional groups attached to an aromatic ring is 1. The average molecular weight is 275 g/mol. The predicted molar refractivity (Wildman–Crippen MR) is 84.1 cm³/mol. The second-order valence-corrected chi connectivity index (χ2v) is 5.78. The normalized spacial score (nSPS) is 18.6. The van der Waals surface area contributed by atoms with Gasteiger partial charge in [0.25, 0.3) is 5.91 Å². The summed E-state index contributed by atoms with van der Waals surface area (Å²) in [5, 5.41) is 2.80. The second kappa shape index (κ2) is 6.16. The van der Waals surface area contributed by atoms with Crippen molar-refractivity contribution >= 4 is 17.3 Å². The number of rotatable bonds is 4. The van der Waals surface area contributed by atoms with Crippen molar-refractivity contribution in [2.24, 2.45) is 5.92 Å². The molecule has 1 fully saturated rings. The van der Waals surface area contributed by atoms with Crippen molar-refractivity contribution in [1.82, 2.24) is 5.32 Å². The average Bonchev–Trinajstić information content (AvgIpc) is 2.88. The summed E-state index contributed by atoms with van der Waals surface area (Å²) in [6.45, 7) is 8.09. The smallest absolute Gasteiger partial charge is 0.251 e. The van der Waals surface area contributed by atoms with Crippen LogP contribution in [0.25, 0.3) is 0 Å². The van der Waals surface area contributed by atoms with Crippen molar-refractivity contribution < 1.29 is 4.79 Å². The largest absolute Gasteiger partial charge is 0.397 e. The van der Waals surface area contributed by atoms with E-state index < -0.39 is 0 Å². The van der Waals surface area contributed by atoms with Gasteiger partial charge < -0.3 is 16.0 Å². The Bertz CT molecular complexity index is 485. The van der Waals surface area contributed by atoms with Crippen molar-refractivity contribution in [3.63, 3.8) is 0 Å². The van der Waals surface area contributed by atoms with E-state index in [4.69, 9.17) is 5.73 Å². The van der Waals surface area contributed by atoms with Crippen LogP contribution in [0.5, 0.6) is 0 Å². The van der Waals surface area contributed by atoms with E-state index >= 15 is 0 Å². The Morgan fingerprint density at radius 1 is 1.50 bits per heavy atom. The van der Waals surface area contributed by atoms with Crippen LogP contribution in [-0.2, 0) is 0 Å². The third kappa shape index (κ3) is 2.89. The van der Waals surface area contributed by atoms with E-state index in [0.717, 1.165) is 12.2 Å². The minimum absolute atomic E-state index is 0.0624. The lowest BCUT2D eigenvalue weighted by molar-refractivity contribution is 0.0956. The molecule has 3 N–H and O–H groups in total. The molecular formula is C16H25N3O. The lowest BCUT2D eigenvalue weighted by Crippen LogP contribution is -2.34. The van der Waals surface area contributed by atoms with Gasteiger partial charge in [-0.3, -0.25) is 4.79 Å². The molecule has 1 unspecified atom stereocenters. The molecule has 0 saturated carbocycles. The summed E-state index contributed by atoms with van der Waals surface area (Å²) in [4.78, 5) is 14.2. The van der Waals surface area contributed by atoms with Crippen LogP contribution in [0.2, 0.25) is 0 Å². The third-order valence-electron chi connectivity index (χ3n) is 4.01. The van der Waals surface area contributed by atoms with Gasteiger partial charge in [0.05, 0.1) is 11.4 Å². The van der Waals surface area contributed by atoms with Crippen LogP contribution < -0.4 is 16.0 Å². The summed E-state index contributed by atoms with van der Waals surface area (Å²) < 4.78 is 0. The number of nitrogens with two attached hydrogens (primary N) is 1. The number of nitrogens with zero attached hydrogens (tertiary/aromatic N) is 1. The van der Waals surface area contributed by atoms with E-state index in [0.29, 0.717) is 29.8 Å². The molecule has 20 heavy (non-hydrogen) atoms. The van der Waals surface area contributed by atoms with E-state index in [1.54, 1.807) is 6.07 Å². The SMILES string of the molecule is CCNC(=O)c1ccc(N2CCCC2C(C)C)c(N)c1. The van der Waals surface area contributed by atoms with E-state index in [1.165, 1.54) is 12.8 Å². The molecule has 4 heteroatoms. The Hall–Kier alpha value is -1.71. The van der Waals surface area contributed by atoms with E-state index in [2.05, 4.69) is 24.1 Å². The van der Waals surface area contributed by atoms with Crippen LogP contribution in [0.3, 0.4) is 0 Å². The van der Waals surface area contributed by atoms with Gasteiger partial charge in [0, 0.05) is 24.7 Å². The van der Waals surface area contributed by atoms with Gasteiger partial charge in [-0.25, -0.2) is 0 Å². The van der Waals surface area contributed by atoms with Gasteiger partial charge in [0.1, 0.15) is 0 Å². The highest BCUT2D eigenvalue weighted by Crippen LogP contribution is 2.33. The van der Waals surface area contributed by atoms with E-state index in [1.807, 2.05) is 19.1 Å². The van der Waals surface area contributed by atoms with Gasteiger partial charge in [-0.2, -0.15) is 0 Å². The fourth-order valence-electron chi connectivity index (χ4n) is 3.00. The number of carbonyl (C=O) groups excluding carboxylic acids is 1.